The number of nitriles is 1. The summed E-state index contributed by atoms with van der Waals surface area (Å²) in [5, 5.41) is 14.2. The van der Waals surface area contributed by atoms with Crippen LogP contribution in [0.3, 0.4) is 0 Å². The van der Waals surface area contributed by atoms with Crippen LogP contribution in [0, 0.1) is 17.1 Å². The fourth-order valence-electron chi connectivity index (χ4n) is 3.57. The standard InChI is InChI=1S/C20H19BFN5O2/c1-11-14-7-13(22)4-5-17(14)29-21(2)8-15-19(16(9-23)27(3)26-15)12-6-18(28-11)20(24)25-10-12/h4-7,10-11H,8H2,1-3H3,(H2,24,25)/t11-/m1/s1. The lowest BCUT2D eigenvalue weighted by Crippen LogP contribution is -2.23. The highest BCUT2D eigenvalue weighted by molar-refractivity contribution is 6.50. The molecule has 0 radical (unpaired) electrons. The number of anilines is 1. The van der Waals surface area contributed by atoms with E-state index in [9.17, 15) is 9.65 Å². The van der Waals surface area contributed by atoms with Gasteiger partial charge in [0.25, 0.3) is 0 Å². The summed E-state index contributed by atoms with van der Waals surface area (Å²) in [7, 11) is 1.72. The van der Waals surface area contributed by atoms with Gasteiger partial charge in [0.15, 0.2) is 11.6 Å². The molecule has 1 aromatic carbocycles. The molecule has 2 bridgehead atoms. The minimum absolute atomic E-state index is 0.203. The van der Waals surface area contributed by atoms with Gasteiger partial charge < -0.3 is 15.1 Å². The Balaban J connectivity index is 1.93. The largest absolute Gasteiger partial charge is 0.560 e. The Morgan fingerprint density at radius 2 is 2.14 bits per heavy atom. The lowest BCUT2D eigenvalue weighted by Gasteiger charge is -2.22. The SMILES string of the molecule is CB1Cc2nn(C)c(C#N)c2-c2cnc(N)c(c2)O[C@H](C)c2cc(F)ccc2O1. The number of ether oxygens (including phenoxy) is 1. The van der Waals surface area contributed by atoms with Gasteiger partial charge in [-0.3, -0.25) is 4.68 Å². The molecule has 9 heteroatoms. The van der Waals surface area contributed by atoms with Crippen LogP contribution >= 0.6 is 0 Å². The number of pyridine rings is 1. The van der Waals surface area contributed by atoms with Crippen LogP contribution in [0.2, 0.25) is 6.82 Å². The molecule has 1 aliphatic heterocycles. The van der Waals surface area contributed by atoms with Gasteiger partial charge in [-0.1, -0.05) is 0 Å². The van der Waals surface area contributed by atoms with Gasteiger partial charge in [0.1, 0.15) is 29.4 Å². The molecule has 2 N–H and O–H groups in total. The monoisotopic (exact) mass is 391 g/mol. The summed E-state index contributed by atoms with van der Waals surface area (Å²) in [6, 6.07) is 8.28. The Bertz CT molecular complexity index is 1140. The average Bonchev–Trinajstić information content (AvgIpc) is 2.98. The highest BCUT2D eigenvalue weighted by atomic mass is 19.1. The van der Waals surface area contributed by atoms with Crippen molar-refractivity contribution in [2.24, 2.45) is 7.05 Å². The molecule has 0 saturated carbocycles. The lowest BCUT2D eigenvalue weighted by molar-refractivity contribution is 0.224. The van der Waals surface area contributed by atoms with Crippen molar-refractivity contribution in [3.05, 3.63) is 53.2 Å². The van der Waals surface area contributed by atoms with Crippen LogP contribution in [0.4, 0.5) is 10.2 Å². The molecule has 1 atom stereocenters. The van der Waals surface area contributed by atoms with Crippen molar-refractivity contribution < 1.29 is 13.8 Å². The van der Waals surface area contributed by atoms with Crippen LogP contribution in [0.5, 0.6) is 11.5 Å². The number of benzene rings is 1. The van der Waals surface area contributed by atoms with Gasteiger partial charge in [0.05, 0.1) is 5.69 Å². The maximum absolute atomic E-state index is 13.9. The number of rotatable bonds is 0. The molecule has 1 aliphatic rings. The zero-order valence-corrected chi connectivity index (χ0v) is 16.3. The van der Waals surface area contributed by atoms with Crippen LogP contribution in [-0.2, 0) is 13.4 Å². The first-order chi connectivity index (χ1) is 13.9. The van der Waals surface area contributed by atoms with Gasteiger partial charge in [-0.2, -0.15) is 10.4 Å². The molecule has 4 rings (SSSR count). The zero-order chi connectivity index (χ0) is 20.7. The van der Waals surface area contributed by atoms with Crippen molar-refractivity contribution in [1.29, 1.82) is 5.26 Å². The summed E-state index contributed by atoms with van der Waals surface area (Å²) in [6.07, 6.45) is 1.52. The maximum atomic E-state index is 13.9. The quantitative estimate of drug-likeness (QED) is 0.591. The van der Waals surface area contributed by atoms with E-state index in [2.05, 4.69) is 16.2 Å². The number of nitrogen functional groups attached to an aromatic ring is 1. The van der Waals surface area contributed by atoms with Crippen molar-refractivity contribution in [2.45, 2.75) is 26.2 Å². The summed E-state index contributed by atoms with van der Waals surface area (Å²) >= 11 is 0. The van der Waals surface area contributed by atoms with Crippen LogP contribution in [-0.4, -0.2) is 21.7 Å². The van der Waals surface area contributed by atoms with Crippen molar-refractivity contribution in [3.8, 4) is 28.7 Å². The predicted octanol–water partition coefficient (Wildman–Crippen LogP) is 3.31. The Kier molecular flexibility index (Phi) is 4.63. The molecule has 0 fully saturated rings. The molecule has 0 unspecified atom stereocenters. The van der Waals surface area contributed by atoms with Gasteiger partial charge in [-0.05, 0) is 38.0 Å². The maximum Gasteiger partial charge on any atom is 0.360 e. The minimum atomic E-state index is -0.532. The normalized spacial score (nSPS) is 15.7. The number of aromatic nitrogens is 3. The van der Waals surface area contributed by atoms with E-state index < -0.39 is 6.10 Å². The van der Waals surface area contributed by atoms with E-state index in [1.165, 1.54) is 12.1 Å². The summed E-state index contributed by atoms with van der Waals surface area (Å²) in [5.41, 5.74) is 9.05. The highest BCUT2D eigenvalue weighted by Crippen LogP contribution is 2.37. The number of fused-ring (bicyclic) bond motifs is 5. The van der Waals surface area contributed by atoms with Gasteiger partial charge >= 0.3 is 6.92 Å². The molecule has 29 heavy (non-hydrogen) atoms. The van der Waals surface area contributed by atoms with Crippen molar-refractivity contribution in [3.63, 3.8) is 0 Å². The van der Waals surface area contributed by atoms with Gasteiger partial charge in [-0.25, -0.2) is 9.37 Å². The zero-order valence-electron chi connectivity index (χ0n) is 16.3. The van der Waals surface area contributed by atoms with E-state index >= 15 is 0 Å². The molecule has 0 spiro atoms. The van der Waals surface area contributed by atoms with Crippen LogP contribution < -0.4 is 15.1 Å². The molecular weight excluding hydrogens is 372 g/mol. The number of hydrogen-bond acceptors (Lipinski definition) is 6. The average molecular weight is 391 g/mol. The third-order valence-electron chi connectivity index (χ3n) is 4.92. The number of nitrogens with two attached hydrogens (primary N) is 1. The van der Waals surface area contributed by atoms with E-state index in [4.69, 9.17) is 15.1 Å². The first-order valence-corrected chi connectivity index (χ1v) is 9.22. The van der Waals surface area contributed by atoms with E-state index in [0.717, 1.165) is 0 Å². The molecule has 0 saturated heterocycles. The van der Waals surface area contributed by atoms with E-state index in [1.54, 1.807) is 37.0 Å². The molecule has 0 amide bonds. The van der Waals surface area contributed by atoms with Crippen molar-refractivity contribution >= 4 is 12.7 Å². The first kappa shape index (κ1) is 18.8. The molecule has 3 aromatic rings. The third kappa shape index (κ3) is 3.38. The van der Waals surface area contributed by atoms with Gasteiger partial charge in [0.2, 0.25) is 0 Å². The summed E-state index contributed by atoms with van der Waals surface area (Å²) in [6.45, 7) is 3.43. The fourth-order valence-corrected chi connectivity index (χ4v) is 3.57. The molecular formula is C20H19BFN5O2. The highest BCUT2D eigenvalue weighted by Gasteiger charge is 2.26. The third-order valence-corrected chi connectivity index (χ3v) is 4.92. The van der Waals surface area contributed by atoms with Crippen LogP contribution in [0.1, 0.15) is 30.0 Å². The van der Waals surface area contributed by atoms with E-state index in [0.29, 0.717) is 45.9 Å². The summed E-state index contributed by atoms with van der Waals surface area (Å²) in [4.78, 5) is 4.24. The molecule has 3 heterocycles. The van der Waals surface area contributed by atoms with Crippen molar-refractivity contribution in [1.82, 2.24) is 14.8 Å². The van der Waals surface area contributed by atoms with Crippen LogP contribution in [0.25, 0.3) is 11.1 Å². The van der Waals surface area contributed by atoms with Gasteiger partial charge in [0, 0.05) is 36.3 Å². The second kappa shape index (κ2) is 7.13. The Hall–Kier alpha value is -3.54. The minimum Gasteiger partial charge on any atom is -0.560 e. The summed E-state index contributed by atoms with van der Waals surface area (Å²) in [5.74, 6) is 0.687. The fraction of sp³-hybridized carbons (Fsp3) is 0.250. The first-order valence-electron chi connectivity index (χ1n) is 9.22. The second-order valence-corrected chi connectivity index (χ2v) is 7.09. The Labute approximate surface area is 168 Å². The lowest BCUT2D eigenvalue weighted by atomic mass is 9.65. The molecule has 7 nitrogen and oxygen atoms in total. The topological polar surface area (TPSA) is 99.0 Å². The van der Waals surface area contributed by atoms with Crippen molar-refractivity contribution in [2.75, 3.05) is 5.73 Å². The Morgan fingerprint density at radius 1 is 1.34 bits per heavy atom. The number of aryl methyl sites for hydroxylation is 1. The van der Waals surface area contributed by atoms with E-state index in [1.807, 2.05) is 6.82 Å². The summed E-state index contributed by atoms with van der Waals surface area (Å²) < 4.78 is 27.6. The number of nitrogens with zero attached hydrogens (tertiary/aromatic N) is 4. The molecule has 0 aliphatic carbocycles. The van der Waals surface area contributed by atoms with E-state index in [-0.39, 0.29) is 18.6 Å². The number of hydrogen-bond donors (Lipinski definition) is 1. The molecule has 2 aromatic heterocycles. The second-order valence-electron chi connectivity index (χ2n) is 7.09. The Morgan fingerprint density at radius 3 is 2.90 bits per heavy atom. The number of halogens is 1. The predicted molar refractivity (Wildman–Crippen MR) is 107 cm³/mol. The molecule has 146 valence electrons. The smallest absolute Gasteiger partial charge is 0.360 e. The van der Waals surface area contributed by atoms with Crippen LogP contribution in [0.15, 0.2) is 30.5 Å². The van der Waals surface area contributed by atoms with Gasteiger partial charge in [-0.15, -0.1) is 0 Å².